The van der Waals surface area contributed by atoms with Crippen LogP contribution in [0.15, 0.2) is 40.4 Å². The highest BCUT2D eigenvalue weighted by Crippen LogP contribution is 2.46. The van der Waals surface area contributed by atoms with Gasteiger partial charge in [-0.25, -0.2) is 13.2 Å². The third-order valence-corrected chi connectivity index (χ3v) is 8.19. The van der Waals surface area contributed by atoms with Crippen LogP contribution in [0.2, 0.25) is 5.02 Å². The van der Waals surface area contributed by atoms with Gasteiger partial charge in [0.2, 0.25) is 0 Å². The first kappa shape index (κ1) is 28.4. The molecule has 1 fully saturated rings. The van der Waals surface area contributed by atoms with Crippen LogP contribution >= 0.6 is 23.4 Å². The van der Waals surface area contributed by atoms with E-state index in [0.717, 1.165) is 36.3 Å². The monoisotopic (exact) mass is 540 g/mol. The van der Waals surface area contributed by atoms with Crippen LogP contribution in [-0.4, -0.2) is 23.0 Å². The number of anilines is 1. The molecule has 4 atom stereocenters. The van der Waals surface area contributed by atoms with Crippen LogP contribution in [0.25, 0.3) is 0 Å². The Bertz CT molecular complexity index is 1100. The van der Waals surface area contributed by atoms with E-state index in [9.17, 15) is 18.0 Å². The maximum absolute atomic E-state index is 13.5. The summed E-state index contributed by atoms with van der Waals surface area (Å²) in [5, 5.41) is 7.39. The van der Waals surface area contributed by atoms with E-state index in [2.05, 4.69) is 24.3 Å². The first-order valence-corrected chi connectivity index (χ1v) is 13.2. The summed E-state index contributed by atoms with van der Waals surface area (Å²) in [5.41, 5.74) is -0.214. The van der Waals surface area contributed by atoms with E-state index in [1.165, 1.54) is 0 Å². The van der Waals surface area contributed by atoms with Crippen molar-refractivity contribution < 1.29 is 22.8 Å². The highest BCUT2D eigenvalue weighted by molar-refractivity contribution is 8.00. The van der Waals surface area contributed by atoms with Gasteiger partial charge < -0.3 is 10.2 Å². The molecular weight excluding hydrogens is 509 g/mol. The third kappa shape index (κ3) is 7.65. The molecule has 1 aliphatic rings. The zero-order chi connectivity index (χ0) is 26.6. The van der Waals surface area contributed by atoms with Crippen LogP contribution in [0.4, 0.5) is 18.9 Å². The van der Waals surface area contributed by atoms with E-state index in [-0.39, 0.29) is 22.8 Å². The van der Waals surface area contributed by atoms with Crippen LogP contribution in [-0.2, 0) is 4.84 Å². The molecule has 4 unspecified atom stereocenters. The van der Waals surface area contributed by atoms with Gasteiger partial charge in [-0.1, -0.05) is 30.6 Å². The van der Waals surface area contributed by atoms with Crippen LogP contribution in [0.5, 0.6) is 0 Å². The zero-order valence-corrected chi connectivity index (χ0v) is 22.7. The van der Waals surface area contributed by atoms with E-state index >= 15 is 0 Å². The fraction of sp³-hybridized carbons (Fsp3) is 0.481. The van der Waals surface area contributed by atoms with E-state index < -0.39 is 23.4 Å². The Labute approximate surface area is 220 Å². The Balaban J connectivity index is 1.70. The SMILES string of the molecule is CC(/C=N/OC(C)(C)C)CC1CCC(C)C1Sc1cc(C(=O)Nc2cc(F)c(F)c(F)c2)ccc1Cl. The van der Waals surface area contributed by atoms with Gasteiger partial charge in [-0.3, -0.25) is 4.79 Å². The average Bonchev–Trinajstić information content (AvgIpc) is 3.11. The molecule has 3 rings (SSSR count). The third-order valence-electron chi connectivity index (χ3n) is 6.03. The summed E-state index contributed by atoms with van der Waals surface area (Å²) < 4.78 is 40.3. The number of nitrogens with zero attached hydrogens (tertiary/aromatic N) is 1. The predicted octanol–water partition coefficient (Wildman–Crippen LogP) is 8.34. The van der Waals surface area contributed by atoms with Crippen molar-refractivity contribution in [1.82, 2.24) is 0 Å². The van der Waals surface area contributed by atoms with E-state index in [1.54, 1.807) is 30.0 Å². The summed E-state index contributed by atoms with van der Waals surface area (Å²) in [6, 6.07) is 6.34. The quantitative estimate of drug-likeness (QED) is 0.208. The number of benzene rings is 2. The molecule has 1 aliphatic carbocycles. The molecule has 0 radical (unpaired) electrons. The first-order valence-electron chi connectivity index (χ1n) is 12.0. The van der Waals surface area contributed by atoms with Gasteiger partial charge in [0.05, 0.1) is 5.02 Å². The minimum atomic E-state index is -1.58. The molecule has 0 bridgehead atoms. The zero-order valence-electron chi connectivity index (χ0n) is 21.1. The normalized spacial score (nSPS) is 21.1. The number of amides is 1. The molecule has 1 N–H and O–H groups in total. The van der Waals surface area contributed by atoms with Gasteiger partial charge in [0.1, 0.15) is 5.60 Å². The lowest BCUT2D eigenvalue weighted by Crippen LogP contribution is -2.20. The fourth-order valence-corrected chi connectivity index (χ4v) is 6.01. The summed E-state index contributed by atoms with van der Waals surface area (Å²) in [4.78, 5) is 19.0. The smallest absolute Gasteiger partial charge is 0.255 e. The molecule has 2 aromatic carbocycles. The maximum atomic E-state index is 13.5. The van der Waals surface area contributed by atoms with Crippen LogP contribution in [0.3, 0.4) is 0 Å². The molecular formula is C27H32ClF3N2O2S. The van der Waals surface area contributed by atoms with E-state index in [0.29, 0.717) is 22.1 Å². The Hall–Kier alpha value is -2.19. The summed E-state index contributed by atoms with van der Waals surface area (Å²) in [5.74, 6) is -3.74. The number of rotatable bonds is 8. The molecule has 196 valence electrons. The van der Waals surface area contributed by atoms with Crippen molar-refractivity contribution in [2.75, 3.05) is 5.32 Å². The number of carbonyl (C=O) groups excluding carboxylic acids is 1. The predicted molar refractivity (Wildman–Crippen MR) is 140 cm³/mol. The Kier molecular flexibility index (Phi) is 9.39. The minimum Gasteiger partial charge on any atom is -0.390 e. The molecule has 9 heteroatoms. The van der Waals surface area contributed by atoms with Gasteiger partial charge in [-0.2, -0.15) is 0 Å². The Morgan fingerprint density at radius 2 is 1.89 bits per heavy atom. The Morgan fingerprint density at radius 3 is 2.53 bits per heavy atom. The summed E-state index contributed by atoms with van der Waals surface area (Å²) >= 11 is 8.13. The van der Waals surface area contributed by atoms with Crippen LogP contribution in [0, 0.1) is 35.2 Å². The van der Waals surface area contributed by atoms with Gasteiger partial charge in [0.15, 0.2) is 17.5 Å². The van der Waals surface area contributed by atoms with E-state index in [4.69, 9.17) is 16.4 Å². The summed E-state index contributed by atoms with van der Waals surface area (Å²) in [7, 11) is 0. The molecule has 0 aliphatic heterocycles. The second-order valence-corrected chi connectivity index (χ2v) is 12.0. The summed E-state index contributed by atoms with van der Waals surface area (Å²) in [6.07, 6.45) is 5.01. The number of oxime groups is 1. The van der Waals surface area contributed by atoms with Gasteiger partial charge in [-0.05, 0) is 76.0 Å². The molecule has 0 saturated heterocycles. The summed E-state index contributed by atoms with van der Waals surface area (Å²) in [6.45, 7) is 10.2. The van der Waals surface area contributed by atoms with Crippen molar-refractivity contribution >= 4 is 41.2 Å². The maximum Gasteiger partial charge on any atom is 0.255 e. The van der Waals surface area contributed by atoms with Crippen molar-refractivity contribution in [2.45, 2.75) is 69.6 Å². The lowest BCUT2D eigenvalue weighted by molar-refractivity contribution is 0.00113. The number of thioether (sulfide) groups is 1. The van der Waals surface area contributed by atoms with Gasteiger partial charge in [0, 0.05) is 39.7 Å². The number of hydrogen-bond acceptors (Lipinski definition) is 4. The highest BCUT2D eigenvalue weighted by atomic mass is 35.5. The lowest BCUT2D eigenvalue weighted by atomic mass is 9.94. The molecule has 2 aromatic rings. The van der Waals surface area contributed by atoms with Crippen molar-refractivity contribution in [2.24, 2.45) is 22.9 Å². The van der Waals surface area contributed by atoms with Crippen LogP contribution in [0.1, 0.15) is 64.2 Å². The highest BCUT2D eigenvalue weighted by Gasteiger charge is 2.35. The second-order valence-electron chi connectivity index (χ2n) is 10.4. The molecule has 36 heavy (non-hydrogen) atoms. The topological polar surface area (TPSA) is 50.7 Å². The van der Waals surface area contributed by atoms with Crippen molar-refractivity contribution in [3.8, 4) is 0 Å². The van der Waals surface area contributed by atoms with Crippen molar-refractivity contribution in [3.05, 3.63) is 58.4 Å². The average molecular weight is 541 g/mol. The molecule has 0 aromatic heterocycles. The van der Waals surface area contributed by atoms with Gasteiger partial charge in [-0.15, -0.1) is 11.8 Å². The number of nitrogens with one attached hydrogen (secondary N) is 1. The van der Waals surface area contributed by atoms with E-state index in [1.807, 2.05) is 27.0 Å². The van der Waals surface area contributed by atoms with Crippen molar-refractivity contribution in [1.29, 1.82) is 0 Å². The fourth-order valence-electron chi connectivity index (χ4n) is 4.28. The molecule has 4 nitrogen and oxygen atoms in total. The number of halogens is 4. The van der Waals surface area contributed by atoms with Crippen molar-refractivity contribution in [3.63, 3.8) is 0 Å². The standard InChI is InChI=1S/C27H32ClF3N2O2S/c1-15(14-32-35-27(3,4)5)10-17-7-6-16(2)25(17)36-23-11-18(8-9-20(23)28)26(34)33-19-12-21(29)24(31)22(30)13-19/h8-9,11-17,25H,6-7,10H2,1-5H3,(H,33,34)/b32-14+. The van der Waals surface area contributed by atoms with Gasteiger partial charge in [0.25, 0.3) is 5.91 Å². The molecule has 0 spiro atoms. The largest absolute Gasteiger partial charge is 0.390 e. The van der Waals surface area contributed by atoms with Gasteiger partial charge >= 0.3 is 0 Å². The second kappa shape index (κ2) is 11.9. The molecule has 1 saturated carbocycles. The molecule has 0 heterocycles. The van der Waals surface area contributed by atoms with Crippen LogP contribution < -0.4 is 5.32 Å². The number of carbonyl (C=O) groups is 1. The minimum absolute atomic E-state index is 0.170. The lowest BCUT2D eigenvalue weighted by Gasteiger charge is -2.24. The number of hydrogen-bond donors (Lipinski definition) is 1. The Morgan fingerprint density at radius 1 is 1.22 bits per heavy atom. The molecule has 1 amide bonds. The first-order chi connectivity index (χ1) is 16.8.